The first kappa shape index (κ1) is 37.1. The quantitative estimate of drug-likeness (QED) is 0.213. The third kappa shape index (κ3) is 6.53. The van der Waals surface area contributed by atoms with Gasteiger partial charge in [0, 0.05) is 80.7 Å². The number of hydrogen-bond acceptors (Lipinski definition) is 11. The zero-order valence-electron chi connectivity index (χ0n) is 32.1. The van der Waals surface area contributed by atoms with Gasteiger partial charge in [0.15, 0.2) is 5.82 Å². The van der Waals surface area contributed by atoms with Crippen molar-refractivity contribution >= 4 is 40.5 Å². The van der Waals surface area contributed by atoms with Crippen LogP contribution in [-0.2, 0) is 42.6 Å². The number of aliphatic hydroxyl groups is 1. The maximum absolute atomic E-state index is 14.0. The van der Waals surface area contributed by atoms with E-state index >= 15 is 0 Å². The number of carbonyl (C=O) groups is 2. The van der Waals surface area contributed by atoms with E-state index in [4.69, 9.17) is 9.72 Å². The van der Waals surface area contributed by atoms with E-state index in [0.717, 1.165) is 32.0 Å². The number of aromatic nitrogens is 4. The lowest BCUT2D eigenvalue weighted by Gasteiger charge is -2.47. The van der Waals surface area contributed by atoms with Gasteiger partial charge in [-0.2, -0.15) is 5.26 Å². The molecular formula is C41H46N10O5. The fourth-order valence-electron chi connectivity index (χ4n) is 8.64. The lowest BCUT2D eigenvalue weighted by Crippen LogP contribution is -2.59. The number of aryl methyl sites for hydroxylation is 1. The topological polar surface area (TPSA) is 174 Å². The van der Waals surface area contributed by atoms with E-state index in [2.05, 4.69) is 63.4 Å². The van der Waals surface area contributed by atoms with E-state index in [1.807, 2.05) is 6.07 Å². The van der Waals surface area contributed by atoms with Crippen molar-refractivity contribution in [3.63, 3.8) is 0 Å². The van der Waals surface area contributed by atoms with Crippen LogP contribution in [0.15, 0.2) is 54.1 Å². The number of aliphatic hydroxyl groups excluding tert-OH is 1. The van der Waals surface area contributed by atoms with Crippen molar-refractivity contribution in [2.45, 2.75) is 58.8 Å². The number of rotatable bonds is 9. The Labute approximate surface area is 324 Å². The number of amides is 2. The predicted molar refractivity (Wildman–Crippen MR) is 212 cm³/mol. The summed E-state index contributed by atoms with van der Waals surface area (Å²) in [6.07, 6.45) is 6.14. The highest BCUT2D eigenvalue weighted by atomic mass is 16.5. The van der Waals surface area contributed by atoms with Crippen molar-refractivity contribution in [3.05, 3.63) is 87.7 Å². The molecule has 0 bridgehead atoms. The van der Waals surface area contributed by atoms with Crippen LogP contribution < -0.4 is 26.0 Å². The van der Waals surface area contributed by atoms with E-state index in [1.54, 1.807) is 42.5 Å². The molecule has 8 rings (SSSR count). The van der Waals surface area contributed by atoms with Gasteiger partial charge < -0.3 is 34.5 Å². The van der Waals surface area contributed by atoms with Crippen LogP contribution in [0.4, 0.5) is 28.7 Å². The molecule has 290 valence electrons. The number of ether oxygens (including phenoxy) is 1. The zero-order chi connectivity index (χ0) is 39.5. The van der Waals surface area contributed by atoms with Crippen molar-refractivity contribution < 1.29 is 19.4 Å². The average molecular weight is 759 g/mol. The number of nitrogens with one attached hydrogen (secondary N) is 2. The molecule has 4 aromatic rings. The van der Waals surface area contributed by atoms with E-state index in [1.165, 1.54) is 15.8 Å². The van der Waals surface area contributed by atoms with Gasteiger partial charge in [-0.1, -0.05) is 20.4 Å². The summed E-state index contributed by atoms with van der Waals surface area (Å²) in [7, 11) is 1.60. The Balaban J connectivity index is 1.12. The Kier molecular flexibility index (Phi) is 9.52. The van der Waals surface area contributed by atoms with E-state index < -0.39 is 18.1 Å². The van der Waals surface area contributed by atoms with Crippen LogP contribution in [0.25, 0.3) is 11.3 Å². The van der Waals surface area contributed by atoms with Gasteiger partial charge in [0.05, 0.1) is 48.5 Å². The lowest BCUT2D eigenvalue weighted by atomic mass is 9.90. The highest BCUT2D eigenvalue weighted by molar-refractivity contribution is 6.06. The van der Waals surface area contributed by atoms with Gasteiger partial charge in [-0.25, -0.2) is 9.97 Å². The molecule has 3 aromatic heterocycles. The highest BCUT2D eigenvalue weighted by Crippen LogP contribution is 2.41. The number of pyridine rings is 1. The molecule has 1 atom stereocenters. The van der Waals surface area contributed by atoms with Crippen molar-refractivity contribution in [1.82, 2.24) is 24.0 Å². The normalized spacial score (nSPS) is 19.2. The largest absolute Gasteiger partial charge is 0.392 e. The van der Waals surface area contributed by atoms with Gasteiger partial charge in [0.25, 0.3) is 11.5 Å². The molecule has 1 aliphatic carbocycles. The SMILES string of the molecule is C=CC(=O)Nc1cc(Nc2nc(-c3ccnc(N4CCn5c(cc6c5CC(C)(C)C6)C4=O)c3CO)cn(C)c2=O)cc(C#N)c1N1CCN(C2COC2)CC1C. The maximum Gasteiger partial charge on any atom is 0.293 e. The van der Waals surface area contributed by atoms with E-state index in [-0.39, 0.29) is 23.2 Å². The molecule has 0 radical (unpaired) electrons. The lowest BCUT2D eigenvalue weighted by molar-refractivity contribution is -0.111. The van der Waals surface area contributed by atoms with Crippen LogP contribution in [-0.4, -0.2) is 92.4 Å². The van der Waals surface area contributed by atoms with Gasteiger partial charge >= 0.3 is 0 Å². The van der Waals surface area contributed by atoms with Crippen molar-refractivity contribution in [3.8, 4) is 17.3 Å². The van der Waals surface area contributed by atoms with Gasteiger partial charge in [0.2, 0.25) is 5.91 Å². The maximum atomic E-state index is 14.0. The minimum atomic E-state index is -0.445. The summed E-state index contributed by atoms with van der Waals surface area (Å²) in [5.41, 5.74) is 5.67. The summed E-state index contributed by atoms with van der Waals surface area (Å²) in [5.74, 6) is -0.335. The Morgan fingerprint density at radius 3 is 2.66 bits per heavy atom. The smallest absolute Gasteiger partial charge is 0.293 e. The Morgan fingerprint density at radius 1 is 1.16 bits per heavy atom. The molecule has 2 saturated heterocycles. The number of piperazine rings is 1. The molecule has 1 aromatic carbocycles. The fraction of sp³-hybridized carbons (Fsp3) is 0.415. The van der Waals surface area contributed by atoms with Gasteiger partial charge in [0.1, 0.15) is 17.6 Å². The minimum Gasteiger partial charge on any atom is -0.392 e. The van der Waals surface area contributed by atoms with Crippen LogP contribution >= 0.6 is 0 Å². The predicted octanol–water partition coefficient (Wildman–Crippen LogP) is 3.57. The van der Waals surface area contributed by atoms with Gasteiger partial charge in [-0.15, -0.1) is 0 Å². The molecule has 3 N–H and O–H groups in total. The summed E-state index contributed by atoms with van der Waals surface area (Å²) in [4.78, 5) is 55.7. The third-order valence-corrected chi connectivity index (χ3v) is 11.4. The summed E-state index contributed by atoms with van der Waals surface area (Å²) < 4.78 is 8.91. The number of carbonyl (C=O) groups excluding carboxylic acids is 2. The molecule has 1 unspecified atom stereocenters. The fourth-order valence-corrected chi connectivity index (χ4v) is 8.64. The monoisotopic (exact) mass is 758 g/mol. The number of fused-ring (bicyclic) bond motifs is 3. The summed E-state index contributed by atoms with van der Waals surface area (Å²) >= 11 is 0. The molecule has 6 heterocycles. The van der Waals surface area contributed by atoms with Crippen molar-refractivity contribution in [1.29, 1.82) is 5.26 Å². The summed E-state index contributed by atoms with van der Waals surface area (Å²) in [6.45, 7) is 14.4. The van der Waals surface area contributed by atoms with Crippen LogP contribution in [0.3, 0.4) is 0 Å². The number of hydrogen-bond donors (Lipinski definition) is 3. The Morgan fingerprint density at radius 2 is 1.96 bits per heavy atom. The second-order valence-electron chi connectivity index (χ2n) is 15.9. The van der Waals surface area contributed by atoms with Gasteiger partial charge in [-0.05, 0) is 61.1 Å². The molecule has 0 spiro atoms. The number of nitriles is 1. The van der Waals surface area contributed by atoms with Crippen LogP contribution in [0.5, 0.6) is 0 Å². The molecule has 15 heteroatoms. The van der Waals surface area contributed by atoms with E-state index in [9.17, 15) is 24.8 Å². The number of nitrogens with zero attached hydrogens (tertiary/aromatic N) is 8. The first-order valence-corrected chi connectivity index (χ1v) is 19.0. The Bertz CT molecular complexity index is 2370. The first-order chi connectivity index (χ1) is 26.9. The van der Waals surface area contributed by atoms with Crippen LogP contribution in [0, 0.1) is 16.7 Å². The second kappa shape index (κ2) is 14.4. The average Bonchev–Trinajstić information content (AvgIpc) is 3.64. The molecule has 2 fully saturated rings. The van der Waals surface area contributed by atoms with Crippen molar-refractivity contribution in [2.75, 3.05) is 59.8 Å². The zero-order valence-corrected chi connectivity index (χ0v) is 32.1. The van der Waals surface area contributed by atoms with Crippen LogP contribution in [0.2, 0.25) is 0 Å². The number of anilines is 5. The molecule has 3 aliphatic heterocycles. The van der Waals surface area contributed by atoms with Crippen molar-refractivity contribution in [2.24, 2.45) is 12.5 Å². The highest BCUT2D eigenvalue weighted by Gasteiger charge is 2.38. The standard InChI is InChI=1S/C41H46N10O5/c1-6-35(53)45-31-15-27(13-26(18-42)36(31)49-10-9-48(19-24(49)2)28-22-56-23-28)44-37-40(55)47(5)20-32(46-37)29-7-8-43-38(30(29)21-52)51-12-11-50-33(39(51)54)14-25-16-41(3,4)17-34(25)50/h6-8,13-15,20,24,28,52H,1,9-12,16-17,19,21-23H2,2-5H3,(H,44,46)(H,45,53). The van der Waals surface area contributed by atoms with E-state index in [0.29, 0.717) is 89.8 Å². The Hall–Kier alpha value is -5.82. The number of benzene rings is 1. The molecule has 0 saturated carbocycles. The minimum absolute atomic E-state index is 0.0326. The van der Waals surface area contributed by atoms with Gasteiger partial charge in [-0.3, -0.25) is 24.2 Å². The summed E-state index contributed by atoms with van der Waals surface area (Å²) in [6, 6.07) is 9.74. The molecule has 2 amide bonds. The summed E-state index contributed by atoms with van der Waals surface area (Å²) in [5, 5.41) is 27.2. The molecular weight excluding hydrogens is 713 g/mol. The molecule has 4 aliphatic rings. The molecule has 15 nitrogen and oxygen atoms in total. The second-order valence-corrected chi connectivity index (χ2v) is 15.9. The first-order valence-electron chi connectivity index (χ1n) is 19.0. The van der Waals surface area contributed by atoms with Crippen LogP contribution in [0.1, 0.15) is 53.6 Å². The molecule has 56 heavy (non-hydrogen) atoms. The third-order valence-electron chi connectivity index (χ3n) is 11.4.